The van der Waals surface area contributed by atoms with E-state index in [-0.39, 0.29) is 11.8 Å². The zero-order valence-electron chi connectivity index (χ0n) is 17.6. The average molecular weight is 429 g/mol. The predicted molar refractivity (Wildman–Crippen MR) is 124 cm³/mol. The lowest BCUT2D eigenvalue weighted by Crippen LogP contribution is -2.29. The van der Waals surface area contributed by atoms with Gasteiger partial charge < -0.3 is 5.32 Å². The lowest BCUT2D eigenvalue weighted by Gasteiger charge is -2.12. The number of carbonyl (C=O) groups is 1. The number of hydrogen-bond acceptors (Lipinski definition) is 5. The number of aromatic nitrogens is 3. The van der Waals surface area contributed by atoms with Crippen LogP contribution in [0.2, 0.25) is 0 Å². The highest BCUT2D eigenvalue weighted by Gasteiger charge is 2.14. The Balaban J connectivity index is 1.45. The molecule has 6 heteroatoms. The number of nitrogens with one attached hydrogen (secondary N) is 1. The Morgan fingerprint density at radius 2 is 1.90 bits per heavy atom. The van der Waals surface area contributed by atoms with Crippen LogP contribution in [0.25, 0.3) is 22.5 Å². The van der Waals surface area contributed by atoms with E-state index in [2.05, 4.69) is 26.3 Å². The van der Waals surface area contributed by atoms with Crippen LogP contribution in [0.3, 0.4) is 0 Å². The molecular formula is C25H24N4OS. The summed E-state index contributed by atoms with van der Waals surface area (Å²) in [5, 5.41) is 5.09. The molecule has 156 valence electrons. The lowest BCUT2D eigenvalue weighted by molar-refractivity contribution is -0.124. The molecule has 0 saturated carbocycles. The molecular weight excluding hydrogens is 404 g/mol. The molecule has 1 N–H and O–H groups in total. The zero-order valence-corrected chi connectivity index (χ0v) is 18.4. The van der Waals surface area contributed by atoms with E-state index in [9.17, 15) is 4.79 Å². The summed E-state index contributed by atoms with van der Waals surface area (Å²) in [6.45, 7) is 4.35. The van der Waals surface area contributed by atoms with Crippen LogP contribution in [-0.2, 0) is 17.8 Å². The number of nitrogens with zero attached hydrogens (tertiary/aromatic N) is 3. The van der Waals surface area contributed by atoms with Crippen molar-refractivity contribution < 1.29 is 4.79 Å². The minimum Gasteiger partial charge on any atom is -0.352 e. The molecule has 0 spiro atoms. The largest absolute Gasteiger partial charge is 0.352 e. The van der Waals surface area contributed by atoms with Crippen LogP contribution in [0.15, 0.2) is 72.4 Å². The Hall–Kier alpha value is -3.38. The Labute approximate surface area is 186 Å². The summed E-state index contributed by atoms with van der Waals surface area (Å²) >= 11 is 1.69. The van der Waals surface area contributed by atoms with Crippen molar-refractivity contribution in [3.63, 3.8) is 0 Å². The molecule has 31 heavy (non-hydrogen) atoms. The third-order valence-corrected chi connectivity index (χ3v) is 5.98. The molecule has 1 aromatic carbocycles. The first kappa shape index (κ1) is 20.9. The van der Waals surface area contributed by atoms with Crippen molar-refractivity contribution in [3.8, 4) is 22.5 Å². The molecule has 3 heterocycles. The summed E-state index contributed by atoms with van der Waals surface area (Å²) in [5.41, 5.74) is 4.63. The number of rotatable bonds is 7. The van der Waals surface area contributed by atoms with E-state index in [0.29, 0.717) is 12.4 Å². The number of aryl methyl sites for hydroxylation is 1. The van der Waals surface area contributed by atoms with Crippen LogP contribution in [0.1, 0.15) is 23.2 Å². The first-order valence-electron chi connectivity index (χ1n) is 10.2. The van der Waals surface area contributed by atoms with Gasteiger partial charge in [-0.25, -0.2) is 9.97 Å². The second-order valence-corrected chi connectivity index (χ2v) is 8.53. The number of benzene rings is 1. The van der Waals surface area contributed by atoms with Crippen molar-refractivity contribution in [2.75, 3.05) is 0 Å². The van der Waals surface area contributed by atoms with E-state index in [4.69, 9.17) is 0 Å². The van der Waals surface area contributed by atoms with Crippen molar-refractivity contribution in [2.24, 2.45) is 5.92 Å². The van der Waals surface area contributed by atoms with Gasteiger partial charge in [-0.2, -0.15) is 0 Å². The van der Waals surface area contributed by atoms with Gasteiger partial charge in [0.05, 0.1) is 11.4 Å². The third-order valence-electron chi connectivity index (χ3n) is 5.08. The van der Waals surface area contributed by atoms with Crippen LogP contribution >= 0.6 is 11.3 Å². The van der Waals surface area contributed by atoms with Gasteiger partial charge in [0.25, 0.3) is 0 Å². The van der Waals surface area contributed by atoms with Gasteiger partial charge in [0, 0.05) is 40.9 Å². The smallest absolute Gasteiger partial charge is 0.223 e. The summed E-state index contributed by atoms with van der Waals surface area (Å²) in [6, 6.07) is 18.0. The Kier molecular flexibility index (Phi) is 6.48. The highest BCUT2D eigenvalue weighted by Crippen LogP contribution is 2.29. The second kappa shape index (κ2) is 9.62. The summed E-state index contributed by atoms with van der Waals surface area (Å²) < 4.78 is 0. The molecule has 0 aliphatic heterocycles. The molecule has 1 amide bonds. The topological polar surface area (TPSA) is 67.8 Å². The molecule has 0 unspecified atom stereocenters. The van der Waals surface area contributed by atoms with Crippen LogP contribution in [-0.4, -0.2) is 20.9 Å². The molecule has 3 aromatic heterocycles. The van der Waals surface area contributed by atoms with Gasteiger partial charge in [0.2, 0.25) is 5.91 Å². The van der Waals surface area contributed by atoms with Gasteiger partial charge in [-0.3, -0.25) is 9.78 Å². The first-order valence-corrected chi connectivity index (χ1v) is 11.1. The van der Waals surface area contributed by atoms with E-state index < -0.39 is 0 Å². The molecule has 0 radical (unpaired) electrons. The maximum absolute atomic E-state index is 12.4. The minimum atomic E-state index is -0.0529. The fraction of sp³-hybridized carbons (Fsp3) is 0.200. The number of hydrogen-bond donors (Lipinski definition) is 1. The van der Waals surface area contributed by atoms with Gasteiger partial charge in [0.15, 0.2) is 0 Å². The van der Waals surface area contributed by atoms with Gasteiger partial charge in [0.1, 0.15) is 5.82 Å². The monoisotopic (exact) mass is 428 g/mol. The second-order valence-electron chi connectivity index (χ2n) is 7.49. The molecule has 0 aliphatic carbocycles. The van der Waals surface area contributed by atoms with Gasteiger partial charge >= 0.3 is 0 Å². The maximum atomic E-state index is 12.4. The summed E-state index contributed by atoms with van der Waals surface area (Å²) in [6.07, 6.45) is 4.36. The van der Waals surface area contributed by atoms with Crippen molar-refractivity contribution >= 4 is 17.2 Å². The maximum Gasteiger partial charge on any atom is 0.223 e. The molecule has 1 atom stereocenters. The highest BCUT2D eigenvalue weighted by molar-refractivity contribution is 7.09. The van der Waals surface area contributed by atoms with E-state index in [1.54, 1.807) is 17.5 Å². The van der Waals surface area contributed by atoms with Crippen LogP contribution in [0.4, 0.5) is 0 Å². The van der Waals surface area contributed by atoms with Crippen molar-refractivity contribution in [1.82, 2.24) is 20.3 Å². The number of pyridine rings is 1. The highest BCUT2D eigenvalue weighted by atomic mass is 32.1. The normalized spacial score (nSPS) is 11.8. The van der Waals surface area contributed by atoms with Crippen molar-refractivity contribution in [2.45, 2.75) is 26.8 Å². The minimum absolute atomic E-state index is 0.0529. The summed E-state index contributed by atoms with van der Waals surface area (Å²) in [7, 11) is 0. The zero-order chi connectivity index (χ0) is 21.6. The van der Waals surface area contributed by atoms with Gasteiger partial charge in [-0.1, -0.05) is 43.3 Å². The number of carbonyl (C=O) groups excluding carboxylic acids is 1. The van der Waals surface area contributed by atoms with Crippen molar-refractivity contribution in [3.05, 3.63) is 88.6 Å². The standard InChI is InChI=1S/C25H24N4OS/c1-17(14-21-6-5-13-31-21)25(30)28-15-19-8-10-20(11-9-19)24-22(16-27-18(2)29-24)23-7-3-4-12-26-23/h3-13,16-17H,14-15H2,1-2H3,(H,28,30)/t17-/m0/s1. The average Bonchev–Trinajstić information content (AvgIpc) is 3.31. The van der Waals surface area contributed by atoms with Crippen LogP contribution in [0, 0.1) is 12.8 Å². The number of amides is 1. The number of thiophene rings is 1. The Bertz CT molecular complexity index is 1140. The Morgan fingerprint density at radius 1 is 1.06 bits per heavy atom. The fourth-order valence-electron chi connectivity index (χ4n) is 3.37. The molecule has 4 rings (SSSR count). The third kappa shape index (κ3) is 5.22. The van der Waals surface area contributed by atoms with Crippen molar-refractivity contribution in [1.29, 1.82) is 0 Å². The van der Waals surface area contributed by atoms with Crippen LogP contribution < -0.4 is 5.32 Å². The molecule has 4 aromatic rings. The van der Waals surface area contributed by atoms with Crippen LogP contribution in [0.5, 0.6) is 0 Å². The summed E-state index contributed by atoms with van der Waals surface area (Å²) in [4.78, 5) is 27.1. The molecule has 0 saturated heterocycles. The van der Waals surface area contributed by atoms with E-state index in [1.165, 1.54) is 4.88 Å². The first-order chi connectivity index (χ1) is 15.1. The van der Waals surface area contributed by atoms with Gasteiger partial charge in [-0.15, -0.1) is 11.3 Å². The quantitative estimate of drug-likeness (QED) is 0.446. The molecule has 0 bridgehead atoms. The fourth-order valence-corrected chi connectivity index (χ4v) is 4.20. The molecule has 0 aliphatic rings. The molecule has 0 fully saturated rings. The van der Waals surface area contributed by atoms with E-state index in [1.807, 2.05) is 74.0 Å². The SMILES string of the molecule is Cc1ncc(-c2ccccn2)c(-c2ccc(CNC(=O)[C@@H](C)Cc3cccs3)cc2)n1. The van der Waals surface area contributed by atoms with E-state index in [0.717, 1.165) is 34.5 Å². The van der Waals surface area contributed by atoms with Gasteiger partial charge in [-0.05, 0) is 42.5 Å². The lowest BCUT2D eigenvalue weighted by atomic mass is 10.0. The molecule has 5 nitrogen and oxygen atoms in total. The predicted octanol–water partition coefficient (Wildman–Crippen LogP) is 5.07. The summed E-state index contributed by atoms with van der Waals surface area (Å²) in [5.74, 6) is 0.731. The Morgan fingerprint density at radius 3 is 2.61 bits per heavy atom. The van der Waals surface area contributed by atoms with E-state index >= 15 is 0 Å².